The van der Waals surface area contributed by atoms with Gasteiger partial charge < -0.3 is 10.2 Å². The largest absolute Gasteiger partial charge is 0.314 e. The third-order valence-electron chi connectivity index (χ3n) is 3.25. The van der Waals surface area contributed by atoms with E-state index in [1.165, 1.54) is 38.9 Å². The van der Waals surface area contributed by atoms with Crippen LogP contribution in [0.25, 0.3) is 0 Å². The molecule has 2 nitrogen and oxygen atoms in total. The fraction of sp³-hybridized carbons (Fsp3) is 1.00. The molecule has 1 unspecified atom stereocenters. The van der Waals surface area contributed by atoms with Gasteiger partial charge in [-0.3, -0.25) is 0 Å². The first-order valence-corrected chi connectivity index (χ1v) is 4.79. The van der Waals surface area contributed by atoms with E-state index in [1.54, 1.807) is 0 Å². The predicted molar refractivity (Wildman–Crippen MR) is 46.6 cm³/mol. The number of likely N-dealkylation sites (N-methyl/N-ethyl adjacent to an activating group) is 1. The SMILES string of the molecule is CN1CCNCC1C1CCC1. The monoisotopic (exact) mass is 154 g/mol. The Morgan fingerprint density at radius 3 is 2.73 bits per heavy atom. The van der Waals surface area contributed by atoms with Crippen molar-refractivity contribution in [2.45, 2.75) is 25.3 Å². The summed E-state index contributed by atoms with van der Waals surface area (Å²) in [7, 11) is 2.27. The fourth-order valence-electron chi connectivity index (χ4n) is 2.18. The summed E-state index contributed by atoms with van der Waals surface area (Å²) in [4.78, 5) is 2.53. The van der Waals surface area contributed by atoms with Gasteiger partial charge in [-0.25, -0.2) is 0 Å². The lowest BCUT2D eigenvalue weighted by molar-refractivity contribution is 0.0965. The van der Waals surface area contributed by atoms with Gasteiger partial charge in [-0.05, 0) is 25.8 Å². The van der Waals surface area contributed by atoms with Gasteiger partial charge in [0.25, 0.3) is 0 Å². The molecule has 2 aliphatic rings. The Bertz CT molecular complexity index is 130. The standard InChI is InChI=1S/C9H18N2/c1-11-6-5-10-7-9(11)8-3-2-4-8/h8-10H,2-7H2,1H3. The first kappa shape index (κ1) is 7.56. The lowest BCUT2D eigenvalue weighted by atomic mass is 9.78. The van der Waals surface area contributed by atoms with E-state index in [0.717, 1.165) is 12.0 Å². The van der Waals surface area contributed by atoms with Gasteiger partial charge in [-0.2, -0.15) is 0 Å². The summed E-state index contributed by atoms with van der Waals surface area (Å²) in [6.45, 7) is 3.64. The summed E-state index contributed by atoms with van der Waals surface area (Å²) >= 11 is 0. The molecule has 64 valence electrons. The smallest absolute Gasteiger partial charge is 0.0246 e. The zero-order chi connectivity index (χ0) is 7.68. The molecule has 1 aliphatic carbocycles. The highest BCUT2D eigenvalue weighted by Crippen LogP contribution is 2.31. The molecule has 0 amide bonds. The molecule has 11 heavy (non-hydrogen) atoms. The first-order valence-electron chi connectivity index (χ1n) is 4.79. The summed E-state index contributed by atoms with van der Waals surface area (Å²) < 4.78 is 0. The molecule has 2 rings (SSSR count). The van der Waals surface area contributed by atoms with Crippen LogP contribution in [-0.2, 0) is 0 Å². The molecule has 0 aromatic rings. The second-order valence-electron chi connectivity index (χ2n) is 3.94. The van der Waals surface area contributed by atoms with Crippen LogP contribution in [0.4, 0.5) is 0 Å². The van der Waals surface area contributed by atoms with Crippen molar-refractivity contribution >= 4 is 0 Å². The second kappa shape index (κ2) is 3.11. The summed E-state index contributed by atoms with van der Waals surface area (Å²) in [5, 5.41) is 3.47. The third kappa shape index (κ3) is 1.42. The van der Waals surface area contributed by atoms with E-state index in [4.69, 9.17) is 0 Å². The van der Waals surface area contributed by atoms with Gasteiger partial charge in [0.2, 0.25) is 0 Å². The van der Waals surface area contributed by atoms with Crippen molar-refractivity contribution < 1.29 is 0 Å². The average molecular weight is 154 g/mol. The number of nitrogens with one attached hydrogen (secondary N) is 1. The van der Waals surface area contributed by atoms with Gasteiger partial charge in [0.05, 0.1) is 0 Å². The molecule has 1 N–H and O–H groups in total. The van der Waals surface area contributed by atoms with Crippen LogP contribution in [-0.4, -0.2) is 37.6 Å². The molecular weight excluding hydrogens is 136 g/mol. The Hall–Kier alpha value is -0.0800. The van der Waals surface area contributed by atoms with Crippen molar-refractivity contribution in [3.63, 3.8) is 0 Å². The minimum absolute atomic E-state index is 0.845. The van der Waals surface area contributed by atoms with Crippen molar-refractivity contribution in [3.05, 3.63) is 0 Å². The number of nitrogens with zero attached hydrogens (tertiary/aromatic N) is 1. The van der Waals surface area contributed by atoms with Crippen LogP contribution < -0.4 is 5.32 Å². The van der Waals surface area contributed by atoms with Gasteiger partial charge in [0.1, 0.15) is 0 Å². The summed E-state index contributed by atoms with van der Waals surface area (Å²) in [6, 6.07) is 0.845. The lowest BCUT2D eigenvalue weighted by Gasteiger charge is -2.42. The van der Waals surface area contributed by atoms with Crippen molar-refractivity contribution in [1.29, 1.82) is 0 Å². The summed E-state index contributed by atoms with van der Waals surface area (Å²) in [6.07, 6.45) is 4.41. The van der Waals surface area contributed by atoms with E-state index in [0.29, 0.717) is 0 Å². The topological polar surface area (TPSA) is 15.3 Å². The van der Waals surface area contributed by atoms with E-state index < -0.39 is 0 Å². The molecule has 0 bridgehead atoms. The molecule has 1 heterocycles. The molecule has 1 atom stereocenters. The minimum atomic E-state index is 0.845. The van der Waals surface area contributed by atoms with Gasteiger partial charge in [0.15, 0.2) is 0 Å². The quantitative estimate of drug-likeness (QED) is 0.598. The maximum Gasteiger partial charge on any atom is 0.0246 e. The van der Waals surface area contributed by atoms with E-state index in [9.17, 15) is 0 Å². The molecule has 2 heteroatoms. The van der Waals surface area contributed by atoms with Crippen LogP contribution in [0, 0.1) is 5.92 Å². The molecule has 0 radical (unpaired) electrons. The van der Waals surface area contributed by atoms with E-state index in [2.05, 4.69) is 17.3 Å². The van der Waals surface area contributed by atoms with Crippen molar-refractivity contribution in [3.8, 4) is 0 Å². The highest BCUT2D eigenvalue weighted by molar-refractivity contribution is 4.87. The number of piperazine rings is 1. The van der Waals surface area contributed by atoms with E-state index in [1.807, 2.05) is 0 Å². The minimum Gasteiger partial charge on any atom is -0.314 e. The zero-order valence-electron chi connectivity index (χ0n) is 7.34. The first-order chi connectivity index (χ1) is 5.38. The molecule has 1 aliphatic heterocycles. The van der Waals surface area contributed by atoms with E-state index >= 15 is 0 Å². The van der Waals surface area contributed by atoms with Gasteiger partial charge >= 0.3 is 0 Å². The molecule has 0 spiro atoms. The Morgan fingerprint density at radius 2 is 2.18 bits per heavy atom. The fourth-order valence-corrected chi connectivity index (χ4v) is 2.18. The second-order valence-corrected chi connectivity index (χ2v) is 3.94. The molecule has 1 saturated carbocycles. The highest BCUT2D eigenvalue weighted by Gasteiger charge is 2.31. The van der Waals surface area contributed by atoms with Crippen LogP contribution in [0.1, 0.15) is 19.3 Å². The maximum atomic E-state index is 3.47. The van der Waals surface area contributed by atoms with Crippen LogP contribution >= 0.6 is 0 Å². The van der Waals surface area contributed by atoms with Crippen molar-refractivity contribution in [2.24, 2.45) is 5.92 Å². The lowest BCUT2D eigenvalue weighted by Crippen LogP contribution is -2.53. The molecule has 1 saturated heterocycles. The van der Waals surface area contributed by atoms with Gasteiger partial charge in [-0.15, -0.1) is 0 Å². The predicted octanol–water partition coefficient (Wildman–Crippen LogP) is 0.690. The van der Waals surface area contributed by atoms with Crippen LogP contribution in [0.15, 0.2) is 0 Å². The van der Waals surface area contributed by atoms with Crippen LogP contribution in [0.3, 0.4) is 0 Å². The van der Waals surface area contributed by atoms with Crippen molar-refractivity contribution in [1.82, 2.24) is 10.2 Å². The number of hydrogen-bond donors (Lipinski definition) is 1. The molecule has 0 aromatic heterocycles. The molecule has 2 fully saturated rings. The third-order valence-corrected chi connectivity index (χ3v) is 3.25. The highest BCUT2D eigenvalue weighted by atomic mass is 15.2. The summed E-state index contributed by atoms with van der Waals surface area (Å²) in [5.74, 6) is 1.01. The molecule has 0 aromatic carbocycles. The normalized spacial score (nSPS) is 35.2. The van der Waals surface area contributed by atoms with Gasteiger partial charge in [-0.1, -0.05) is 6.42 Å². The Balaban J connectivity index is 1.88. The number of hydrogen-bond acceptors (Lipinski definition) is 2. The Kier molecular flexibility index (Phi) is 2.14. The van der Waals surface area contributed by atoms with Crippen LogP contribution in [0.5, 0.6) is 0 Å². The van der Waals surface area contributed by atoms with Crippen molar-refractivity contribution in [2.75, 3.05) is 26.7 Å². The summed E-state index contributed by atoms with van der Waals surface area (Å²) in [5.41, 5.74) is 0. The Labute approximate surface area is 69.0 Å². The Morgan fingerprint density at radius 1 is 1.36 bits per heavy atom. The molecular formula is C9H18N2. The average Bonchev–Trinajstić information content (AvgIpc) is 1.90. The maximum absolute atomic E-state index is 3.47. The number of rotatable bonds is 1. The van der Waals surface area contributed by atoms with E-state index in [-0.39, 0.29) is 0 Å². The zero-order valence-corrected chi connectivity index (χ0v) is 7.34. The van der Waals surface area contributed by atoms with Crippen LogP contribution in [0.2, 0.25) is 0 Å². The van der Waals surface area contributed by atoms with Gasteiger partial charge in [0, 0.05) is 25.7 Å².